The van der Waals surface area contributed by atoms with Crippen molar-refractivity contribution in [2.24, 2.45) is 5.92 Å². The number of benzene rings is 2. The Morgan fingerprint density at radius 3 is 2.83 bits per heavy atom. The van der Waals surface area contributed by atoms with E-state index in [0.717, 1.165) is 30.7 Å². The SMILES string of the molecule is COc1cc(CN2CCC[C@H](C(=O)c3cccc(OC(C)C)c3)C2)cc(Cl)c1O. The number of piperidine rings is 1. The zero-order valence-corrected chi connectivity index (χ0v) is 17.9. The number of carbonyl (C=O) groups is 1. The third-order valence-electron chi connectivity index (χ3n) is 5.08. The van der Waals surface area contributed by atoms with Crippen LogP contribution in [0.1, 0.15) is 42.6 Å². The molecule has 0 aromatic heterocycles. The first kappa shape index (κ1) is 21.5. The predicted molar refractivity (Wildman–Crippen MR) is 114 cm³/mol. The summed E-state index contributed by atoms with van der Waals surface area (Å²) in [6.07, 6.45) is 1.91. The molecular weight excluding hydrogens is 390 g/mol. The van der Waals surface area contributed by atoms with Crippen molar-refractivity contribution in [2.45, 2.75) is 39.3 Å². The van der Waals surface area contributed by atoms with Gasteiger partial charge < -0.3 is 14.6 Å². The Morgan fingerprint density at radius 2 is 2.10 bits per heavy atom. The Labute approximate surface area is 177 Å². The average Bonchev–Trinajstić information content (AvgIpc) is 2.70. The fourth-order valence-corrected chi connectivity index (χ4v) is 4.01. The zero-order valence-electron chi connectivity index (χ0n) is 17.2. The van der Waals surface area contributed by atoms with Crippen molar-refractivity contribution in [2.75, 3.05) is 20.2 Å². The highest BCUT2D eigenvalue weighted by molar-refractivity contribution is 6.32. The molecule has 5 nitrogen and oxygen atoms in total. The minimum atomic E-state index is -0.0486. The van der Waals surface area contributed by atoms with E-state index in [9.17, 15) is 9.90 Å². The second-order valence-corrected chi connectivity index (χ2v) is 8.17. The van der Waals surface area contributed by atoms with Crippen LogP contribution < -0.4 is 9.47 Å². The Morgan fingerprint density at radius 1 is 1.31 bits per heavy atom. The van der Waals surface area contributed by atoms with Crippen LogP contribution in [0.3, 0.4) is 0 Å². The van der Waals surface area contributed by atoms with E-state index in [4.69, 9.17) is 21.1 Å². The van der Waals surface area contributed by atoms with Crippen molar-refractivity contribution in [1.29, 1.82) is 0 Å². The summed E-state index contributed by atoms with van der Waals surface area (Å²) in [5, 5.41) is 10.2. The lowest BCUT2D eigenvalue weighted by Gasteiger charge is -2.32. The molecule has 1 fully saturated rings. The third kappa shape index (κ3) is 5.43. The number of ether oxygens (including phenoxy) is 2. The van der Waals surface area contributed by atoms with E-state index in [-0.39, 0.29) is 28.6 Å². The quantitative estimate of drug-likeness (QED) is 0.647. The van der Waals surface area contributed by atoms with E-state index in [1.54, 1.807) is 12.1 Å². The lowest BCUT2D eigenvalue weighted by molar-refractivity contribution is 0.0811. The number of methoxy groups -OCH3 is 1. The van der Waals surface area contributed by atoms with Crippen LogP contribution in [0.4, 0.5) is 0 Å². The molecule has 1 atom stereocenters. The Balaban J connectivity index is 1.69. The maximum absolute atomic E-state index is 13.1. The van der Waals surface area contributed by atoms with Gasteiger partial charge in [-0.25, -0.2) is 0 Å². The molecule has 2 aromatic rings. The van der Waals surface area contributed by atoms with Crippen LogP contribution >= 0.6 is 11.6 Å². The lowest BCUT2D eigenvalue weighted by atomic mass is 9.89. The molecule has 0 radical (unpaired) electrons. The van der Waals surface area contributed by atoms with Gasteiger partial charge >= 0.3 is 0 Å². The topological polar surface area (TPSA) is 59.0 Å². The van der Waals surface area contributed by atoms with Gasteiger partial charge in [0.2, 0.25) is 0 Å². The van der Waals surface area contributed by atoms with Crippen molar-refractivity contribution in [3.8, 4) is 17.2 Å². The van der Waals surface area contributed by atoms with Crippen molar-refractivity contribution in [3.63, 3.8) is 0 Å². The molecule has 0 saturated carbocycles. The summed E-state index contributed by atoms with van der Waals surface area (Å²) in [6.45, 7) is 6.20. The van der Waals surface area contributed by atoms with Crippen LogP contribution in [0.15, 0.2) is 36.4 Å². The van der Waals surface area contributed by atoms with Gasteiger partial charge in [0.25, 0.3) is 0 Å². The van der Waals surface area contributed by atoms with Crippen LogP contribution in [0.5, 0.6) is 17.2 Å². The first-order chi connectivity index (χ1) is 13.9. The summed E-state index contributed by atoms with van der Waals surface area (Å²) in [5.41, 5.74) is 1.65. The van der Waals surface area contributed by atoms with Gasteiger partial charge in [0.15, 0.2) is 17.3 Å². The molecule has 0 aliphatic carbocycles. The smallest absolute Gasteiger partial charge is 0.176 e. The molecule has 1 heterocycles. The number of ketones is 1. The summed E-state index contributed by atoms with van der Waals surface area (Å²) < 4.78 is 10.9. The number of rotatable bonds is 7. The Kier molecular flexibility index (Phi) is 7.04. The summed E-state index contributed by atoms with van der Waals surface area (Å²) in [7, 11) is 1.50. The fraction of sp³-hybridized carbons (Fsp3) is 0.435. The average molecular weight is 418 g/mol. The van der Waals surface area contributed by atoms with Gasteiger partial charge in [0.1, 0.15) is 5.75 Å². The second kappa shape index (κ2) is 9.51. The standard InChI is InChI=1S/C23H28ClNO4/c1-15(2)29-19-8-4-6-17(12-19)22(26)18-7-5-9-25(14-18)13-16-10-20(24)23(27)21(11-16)28-3/h4,6,8,10-12,15,18,27H,5,7,9,13-14H2,1-3H3/t18-/m0/s1. The number of likely N-dealkylation sites (tertiary alicyclic amines) is 1. The van der Waals surface area contributed by atoms with Crippen molar-refractivity contribution < 1.29 is 19.4 Å². The van der Waals surface area contributed by atoms with Gasteiger partial charge in [-0.15, -0.1) is 0 Å². The van der Waals surface area contributed by atoms with E-state index in [1.807, 2.05) is 38.1 Å². The molecule has 0 unspecified atom stereocenters. The summed E-state index contributed by atoms with van der Waals surface area (Å²) >= 11 is 6.11. The molecule has 0 amide bonds. The first-order valence-electron chi connectivity index (χ1n) is 9.96. The van der Waals surface area contributed by atoms with Gasteiger partial charge in [0, 0.05) is 24.6 Å². The van der Waals surface area contributed by atoms with Gasteiger partial charge in [-0.05, 0) is 63.1 Å². The second-order valence-electron chi connectivity index (χ2n) is 7.76. The molecule has 0 bridgehead atoms. The van der Waals surface area contributed by atoms with Crippen molar-refractivity contribution >= 4 is 17.4 Å². The van der Waals surface area contributed by atoms with Crippen LogP contribution in [0.2, 0.25) is 5.02 Å². The zero-order chi connectivity index (χ0) is 21.0. The molecule has 3 rings (SSSR count). The highest BCUT2D eigenvalue weighted by atomic mass is 35.5. The normalized spacial score (nSPS) is 17.3. The van der Waals surface area contributed by atoms with E-state index >= 15 is 0 Å². The number of phenolic OH excluding ortho intramolecular Hbond substituents is 1. The number of phenols is 1. The molecule has 1 aliphatic rings. The van der Waals surface area contributed by atoms with Gasteiger partial charge in [0.05, 0.1) is 18.2 Å². The highest BCUT2D eigenvalue weighted by Crippen LogP contribution is 2.35. The number of carbonyl (C=O) groups excluding carboxylic acids is 1. The Hall–Kier alpha value is -2.24. The number of Topliss-reactive ketones (excluding diaryl/α,β-unsaturated/α-hetero) is 1. The van der Waals surface area contributed by atoms with E-state index in [1.165, 1.54) is 7.11 Å². The fourth-order valence-electron chi connectivity index (χ4n) is 3.78. The molecule has 0 spiro atoms. The van der Waals surface area contributed by atoms with E-state index in [2.05, 4.69) is 4.90 Å². The number of hydrogen-bond acceptors (Lipinski definition) is 5. The number of nitrogens with zero attached hydrogens (tertiary/aromatic N) is 1. The third-order valence-corrected chi connectivity index (χ3v) is 5.37. The van der Waals surface area contributed by atoms with Crippen molar-refractivity contribution in [3.05, 3.63) is 52.5 Å². The maximum atomic E-state index is 13.1. The number of hydrogen-bond donors (Lipinski definition) is 1. The molecule has 1 saturated heterocycles. The lowest BCUT2D eigenvalue weighted by Crippen LogP contribution is -2.38. The maximum Gasteiger partial charge on any atom is 0.176 e. The van der Waals surface area contributed by atoms with Crippen LogP contribution in [-0.2, 0) is 6.54 Å². The molecule has 2 aromatic carbocycles. The molecule has 1 N–H and O–H groups in total. The highest BCUT2D eigenvalue weighted by Gasteiger charge is 2.27. The number of aromatic hydroxyl groups is 1. The summed E-state index contributed by atoms with van der Waals surface area (Å²) in [5.74, 6) is 1.15. The first-order valence-corrected chi connectivity index (χ1v) is 10.3. The number of halogens is 1. The van der Waals surface area contributed by atoms with Gasteiger partial charge in [-0.1, -0.05) is 23.7 Å². The molecule has 29 heavy (non-hydrogen) atoms. The summed E-state index contributed by atoms with van der Waals surface area (Å²) in [4.78, 5) is 15.3. The van der Waals surface area contributed by atoms with Crippen LogP contribution in [-0.4, -0.2) is 42.1 Å². The minimum absolute atomic E-state index is 0.0480. The molecule has 6 heteroatoms. The Bertz CT molecular complexity index is 868. The van der Waals surface area contributed by atoms with Crippen LogP contribution in [0.25, 0.3) is 0 Å². The van der Waals surface area contributed by atoms with Crippen LogP contribution in [0, 0.1) is 5.92 Å². The van der Waals surface area contributed by atoms with Gasteiger partial charge in [-0.2, -0.15) is 0 Å². The monoisotopic (exact) mass is 417 g/mol. The molecular formula is C23H28ClNO4. The molecule has 1 aliphatic heterocycles. The minimum Gasteiger partial charge on any atom is -0.503 e. The summed E-state index contributed by atoms with van der Waals surface area (Å²) in [6, 6.07) is 11.0. The van der Waals surface area contributed by atoms with E-state index in [0.29, 0.717) is 24.4 Å². The van der Waals surface area contributed by atoms with Gasteiger partial charge in [-0.3, -0.25) is 9.69 Å². The predicted octanol–water partition coefficient (Wildman–Crippen LogP) is 4.94. The van der Waals surface area contributed by atoms with E-state index < -0.39 is 0 Å². The van der Waals surface area contributed by atoms with Crippen molar-refractivity contribution in [1.82, 2.24) is 4.90 Å². The largest absolute Gasteiger partial charge is 0.503 e. The molecule has 156 valence electrons.